The first-order valence-electron chi connectivity index (χ1n) is 17.6. The fourth-order valence-corrected chi connectivity index (χ4v) is 9.91. The molecule has 9 nitrogen and oxygen atoms in total. The van der Waals surface area contributed by atoms with Crippen LogP contribution in [0.3, 0.4) is 0 Å². The minimum atomic E-state index is -3.45. The van der Waals surface area contributed by atoms with Crippen molar-refractivity contribution in [3.63, 3.8) is 0 Å². The van der Waals surface area contributed by atoms with E-state index in [1.165, 1.54) is 11.1 Å². The standard InChI is InChI=1S/C38H50ClN3O6S/c1-25-8-7-10-34(46-3)32-15-12-29(32)23-42-22-28-11-14-31(39)18-26(28)9-5-6-17-48-35-16-13-27(19-33(35)42)36(43)40-49(45,24-25)41-37(44)30-20-38(2,21-30)47-4/h7,10-11,13-14,16,18-19,25,29-30,32,34H,5-6,8-9,12,15,17,20-24H2,1-4H3,(H,40,41,43,44,45)/b10-7+/t25-,29-,30?,32+,34-,38?,49-/m0/s1. The number of aryl methyl sites for hydroxylation is 1. The Morgan fingerprint density at radius 1 is 1.12 bits per heavy atom. The quantitative estimate of drug-likeness (QED) is 0.336. The van der Waals surface area contributed by atoms with E-state index in [4.69, 9.17) is 25.8 Å². The summed E-state index contributed by atoms with van der Waals surface area (Å²) in [5.74, 6) is 0.00941. The second kappa shape index (κ2) is 15.1. The number of allylic oxidation sites excluding steroid dienone is 1. The first-order chi connectivity index (χ1) is 23.5. The van der Waals surface area contributed by atoms with Gasteiger partial charge in [-0.1, -0.05) is 36.7 Å². The lowest BCUT2D eigenvalue weighted by Crippen LogP contribution is -2.50. The first kappa shape index (κ1) is 35.9. The van der Waals surface area contributed by atoms with E-state index < -0.39 is 15.8 Å². The largest absolute Gasteiger partial charge is 0.491 e. The molecule has 6 rings (SSSR count). The molecule has 0 spiro atoms. The first-order valence-corrected chi connectivity index (χ1v) is 19.7. The van der Waals surface area contributed by atoms with Crippen molar-refractivity contribution in [2.75, 3.05) is 38.0 Å². The number of benzene rings is 2. The van der Waals surface area contributed by atoms with Crippen LogP contribution in [0.4, 0.5) is 5.69 Å². The van der Waals surface area contributed by atoms with Gasteiger partial charge in [0, 0.05) is 43.8 Å². The van der Waals surface area contributed by atoms with Gasteiger partial charge in [-0.25, -0.2) is 4.21 Å². The van der Waals surface area contributed by atoms with Crippen LogP contribution in [0.5, 0.6) is 5.75 Å². The summed E-state index contributed by atoms with van der Waals surface area (Å²) in [5, 5.41) is 0.719. The third kappa shape index (κ3) is 8.35. The lowest BCUT2D eigenvalue weighted by atomic mass is 9.70. The van der Waals surface area contributed by atoms with Crippen LogP contribution in [0.25, 0.3) is 0 Å². The van der Waals surface area contributed by atoms with E-state index in [2.05, 4.69) is 38.3 Å². The molecule has 0 unspecified atom stereocenters. The minimum absolute atomic E-state index is 0.0479. The molecule has 0 aromatic heterocycles. The third-order valence-electron chi connectivity index (χ3n) is 10.9. The molecule has 2 aromatic carbocycles. The molecule has 2 bridgehead atoms. The molecule has 4 aliphatic rings. The molecule has 2 aromatic rings. The smallest absolute Gasteiger partial charge is 0.286 e. The summed E-state index contributed by atoms with van der Waals surface area (Å²) in [4.78, 5) is 29.6. The molecule has 49 heavy (non-hydrogen) atoms. The summed E-state index contributed by atoms with van der Waals surface area (Å²) >= 11 is 6.46. The zero-order valence-electron chi connectivity index (χ0n) is 29.1. The number of amides is 2. The Bertz CT molecular complexity index is 1700. The Morgan fingerprint density at radius 3 is 2.67 bits per heavy atom. The molecule has 0 saturated heterocycles. The number of rotatable bonds is 4. The summed E-state index contributed by atoms with van der Waals surface area (Å²) in [7, 11) is -0.0591. The Kier molecular flexibility index (Phi) is 11.1. The molecular weight excluding hydrogens is 662 g/mol. The highest BCUT2D eigenvalue weighted by Gasteiger charge is 2.45. The van der Waals surface area contributed by atoms with Crippen LogP contribution in [0.15, 0.2) is 52.9 Å². The van der Waals surface area contributed by atoms with Crippen molar-refractivity contribution in [3.8, 4) is 5.75 Å². The Balaban J connectivity index is 1.41. The summed E-state index contributed by atoms with van der Waals surface area (Å²) in [6.45, 7) is 5.82. The molecule has 2 fully saturated rings. The molecule has 2 heterocycles. The van der Waals surface area contributed by atoms with Gasteiger partial charge in [-0.05, 0) is 118 Å². The number of anilines is 1. The van der Waals surface area contributed by atoms with Crippen LogP contribution in [0, 0.1) is 23.7 Å². The van der Waals surface area contributed by atoms with E-state index in [9.17, 15) is 13.8 Å². The van der Waals surface area contributed by atoms with Crippen molar-refractivity contribution in [2.24, 2.45) is 28.0 Å². The van der Waals surface area contributed by atoms with Crippen molar-refractivity contribution in [1.29, 1.82) is 0 Å². The average molecular weight is 712 g/mol. The number of ether oxygens (including phenoxy) is 3. The van der Waals surface area contributed by atoms with E-state index in [0.29, 0.717) is 55.6 Å². The lowest BCUT2D eigenvalue weighted by molar-refractivity contribution is -0.141. The minimum Gasteiger partial charge on any atom is -0.491 e. The number of fused-ring (bicyclic) bond motifs is 3. The fourth-order valence-electron chi connectivity index (χ4n) is 7.75. The number of halogens is 1. The van der Waals surface area contributed by atoms with Crippen LogP contribution in [0.2, 0.25) is 5.02 Å². The number of nitrogens with one attached hydrogen (secondary N) is 1. The zero-order valence-corrected chi connectivity index (χ0v) is 30.7. The molecule has 0 radical (unpaired) electrons. The predicted molar refractivity (Wildman–Crippen MR) is 193 cm³/mol. The highest BCUT2D eigenvalue weighted by molar-refractivity contribution is 7.92. The third-order valence-corrected chi connectivity index (χ3v) is 13.1. The Labute approximate surface area is 296 Å². The van der Waals surface area contributed by atoms with Gasteiger partial charge in [-0.3, -0.25) is 14.3 Å². The van der Waals surface area contributed by atoms with Crippen molar-refractivity contribution < 1.29 is 28.0 Å². The van der Waals surface area contributed by atoms with Crippen LogP contribution in [0.1, 0.15) is 80.3 Å². The van der Waals surface area contributed by atoms with E-state index in [0.717, 1.165) is 49.4 Å². The normalized spacial score (nSPS) is 32.8. The monoisotopic (exact) mass is 711 g/mol. The molecule has 2 aliphatic carbocycles. The number of carbonyl (C=O) groups is 2. The number of carbonyl (C=O) groups excluding carboxylic acids is 2. The molecule has 11 heteroatoms. The van der Waals surface area contributed by atoms with Gasteiger partial charge in [0.1, 0.15) is 15.7 Å². The average Bonchev–Trinajstić information content (AvgIpc) is 3.06. The molecule has 2 aliphatic heterocycles. The van der Waals surface area contributed by atoms with E-state index >= 15 is 0 Å². The number of nitrogens with zero attached hydrogens (tertiary/aromatic N) is 2. The predicted octanol–water partition coefficient (Wildman–Crippen LogP) is 7.15. The van der Waals surface area contributed by atoms with E-state index in [-0.39, 0.29) is 35.2 Å². The Hall–Kier alpha value is -2.92. The summed E-state index contributed by atoms with van der Waals surface area (Å²) in [5.41, 5.74) is 3.12. The maximum Gasteiger partial charge on any atom is 0.286 e. The highest BCUT2D eigenvalue weighted by atomic mass is 35.5. The molecule has 5 atom stereocenters. The van der Waals surface area contributed by atoms with Gasteiger partial charge in [0.2, 0.25) is 5.91 Å². The topological polar surface area (TPSA) is 107 Å². The van der Waals surface area contributed by atoms with Gasteiger partial charge >= 0.3 is 0 Å². The summed E-state index contributed by atoms with van der Waals surface area (Å²) in [6, 6.07) is 11.5. The Morgan fingerprint density at radius 2 is 1.94 bits per heavy atom. The molecule has 2 amide bonds. The maximum absolute atomic E-state index is 14.5. The van der Waals surface area contributed by atoms with Gasteiger partial charge in [0.05, 0.1) is 29.8 Å². The maximum atomic E-state index is 14.5. The zero-order chi connectivity index (χ0) is 34.8. The summed E-state index contributed by atoms with van der Waals surface area (Å²) < 4.78 is 39.4. The molecule has 266 valence electrons. The van der Waals surface area contributed by atoms with Gasteiger partial charge < -0.3 is 19.1 Å². The molecule has 1 N–H and O–H groups in total. The van der Waals surface area contributed by atoms with Gasteiger partial charge in [-0.2, -0.15) is 0 Å². The van der Waals surface area contributed by atoms with Crippen LogP contribution < -0.4 is 14.4 Å². The second-order valence-corrected chi connectivity index (χ2v) is 17.1. The number of methoxy groups -OCH3 is 2. The van der Waals surface area contributed by atoms with Crippen molar-refractivity contribution in [3.05, 3.63) is 70.3 Å². The van der Waals surface area contributed by atoms with Crippen molar-refractivity contribution in [2.45, 2.75) is 83.5 Å². The van der Waals surface area contributed by atoms with Crippen LogP contribution in [-0.4, -0.2) is 60.9 Å². The van der Waals surface area contributed by atoms with Crippen LogP contribution in [-0.2, 0) is 37.1 Å². The highest BCUT2D eigenvalue weighted by Crippen LogP contribution is 2.43. The number of hydrogen-bond acceptors (Lipinski definition) is 7. The molecular formula is C38H50ClN3O6S. The van der Waals surface area contributed by atoms with Crippen molar-refractivity contribution >= 4 is 39.0 Å². The second-order valence-electron chi connectivity index (χ2n) is 14.7. The molecule has 2 saturated carbocycles. The summed E-state index contributed by atoms with van der Waals surface area (Å²) in [6.07, 6.45) is 10.7. The van der Waals surface area contributed by atoms with E-state index in [1.807, 2.05) is 32.0 Å². The van der Waals surface area contributed by atoms with Crippen LogP contribution >= 0.6 is 11.6 Å². The van der Waals surface area contributed by atoms with E-state index in [1.54, 1.807) is 20.3 Å². The van der Waals surface area contributed by atoms with Gasteiger partial charge in [-0.15, -0.1) is 4.36 Å². The number of hydrogen-bond donors (Lipinski definition) is 1. The lowest BCUT2D eigenvalue weighted by Gasteiger charge is -2.43. The van der Waals surface area contributed by atoms with Gasteiger partial charge in [0.15, 0.2) is 0 Å². The van der Waals surface area contributed by atoms with Gasteiger partial charge in [0.25, 0.3) is 5.91 Å². The fraction of sp³-hybridized carbons (Fsp3) is 0.579. The van der Waals surface area contributed by atoms with Crippen molar-refractivity contribution in [1.82, 2.24) is 4.72 Å². The SMILES string of the molecule is CO[C@H]1/C=C/C[C@H](C)C[S@@](=O)(NC(=O)C2CC(C)(OC)C2)=NC(=O)c2ccc3c(c2)N(Cc2ccc(Cl)cc2CCCCO3)C[C@@H]2CC[C@H]21.